The van der Waals surface area contributed by atoms with Crippen LogP contribution in [0.2, 0.25) is 0 Å². The number of halogens is 1. The molecule has 0 heterocycles. The predicted molar refractivity (Wildman–Crippen MR) is 106 cm³/mol. The van der Waals surface area contributed by atoms with E-state index in [4.69, 9.17) is 15.9 Å². The maximum atomic E-state index is 13.5. The number of nitrogens with zero attached hydrogens (tertiary/aromatic N) is 1. The molecule has 2 aromatic carbocycles. The highest BCUT2D eigenvalue weighted by molar-refractivity contribution is 5.94. The molecule has 2 N–H and O–H groups in total. The number of hydrazone groups is 1. The summed E-state index contributed by atoms with van der Waals surface area (Å²) in [6, 6.07) is 10.7. The zero-order chi connectivity index (χ0) is 21.1. The number of amides is 2. The Kier molecular flexibility index (Phi) is 8.20. The number of hydrogen-bond donors (Lipinski definition) is 2. The number of nitrogens with one attached hydrogen (secondary N) is 2. The monoisotopic (exact) mass is 397 g/mol. The highest BCUT2D eigenvalue weighted by Crippen LogP contribution is 2.27. The molecule has 0 fully saturated rings. The van der Waals surface area contributed by atoms with Crippen LogP contribution < -0.4 is 20.2 Å². The number of carbonyl (C=O) groups excluding carboxylic acids is 2. The second-order valence-corrected chi connectivity index (χ2v) is 5.68. The summed E-state index contributed by atoms with van der Waals surface area (Å²) in [7, 11) is 1.50. The molecule has 0 aromatic heterocycles. The number of rotatable bonds is 9. The van der Waals surface area contributed by atoms with Gasteiger partial charge in [-0.1, -0.05) is 18.1 Å². The van der Waals surface area contributed by atoms with E-state index in [1.54, 1.807) is 24.3 Å². The molecule has 8 heteroatoms. The van der Waals surface area contributed by atoms with Gasteiger partial charge in [-0.15, -0.1) is 6.42 Å². The molecule has 0 spiro atoms. The fraction of sp³-hybridized carbons (Fsp3) is 0.190. The van der Waals surface area contributed by atoms with Crippen molar-refractivity contribution in [2.75, 3.05) is 20.3 Å². The minimum atomic E-state index is -0.620. The van der Waals surface area contributed by atoms with Crippen molar-refractivity contribution < 1.29 is 23.5 Å². The molecule has 0 bridgehead atoms. The van der Waals surface area contributed by atoms with Gasteiger partial charge in [-0.05, 0) is 35.9 Å². The quantitative estimate of drug-likeness (QED) is 0.385. The molecule has 2 rings (SSSR count). The van der Waals surface area contributed by atoms with E-state index in [0.29, 0.717) is 17.1 Å². The second kappa shape index (κ2) is 11.1. The van der Waals surface area contributed by atoms with E-state index in [0.717, 1.165) is 0 Å². The molecular weight excluding hydrogens is 377 g/mol. The molecule has 0 atom stereocenters. The van der Waals surface area contributed by atoms with Gasteiger partial charge in [-0.25, -0.2) is 9.82 Å². The Morgan fingerprint density at radius 3 is 2.76 bits per heavy atom. The molecule has 7 nitrogen and oxygen atoms in total. The lowest BCUT2D eigenvalue weighted by molar-refractivity contribution is -0.120. The summed E-state index contributed by atoms with van der Waals surface area (Å²) < 4.78 is 24.1. The van der Waals surface area contributed by atoms with Crippen LogP contribution in [0, 0.1) is 18.2 Å². The third-order valence-electron chi connectivity index (χ3n) is 3.66. The first-order valence-electron chi connectivity index (χ1n) is 8.64. The Morgan fingerprint density at radius 1 is 1.24 bits per heavy atom. The van der Waals surface area contributed by atoms with Gasteiger partial charge in [0, 0.05) is 13.0 Å². The van der Waals surface area contributed by atoms with Crippen LogP contribution in [0.15, 0.2) is 47.6 Å². The number of terminal acetylenes is 1. The summed E-state index contributed by atoms with van der Waals surface area (Å²) in [5.41, 5.74) is 2.94. The molecule has 0 aliphatic heterocycles. The maximum Gasteiger partial charge on any atom is 0.254 e. The third-order valence-corrected chi connectivity index (χ3v) is 3.66. The lowest BCUT2D eigenvalue weighted by Crippen LogP contribution is -2.29. The van der Waals surface area contributed by atoms with Crippen LogP contribution in [0.5, 0.6) is 11.5 Å². The molecular formula is C21H20FN3O4. The van der Waals surface area contributed by atoms with Crippen molar-refractivity contribution in [2.24, 2.45) is 5.10 Å². The van der Waals surface area contributed by atoms with Crippen molar-refractivity contribution in [3.05, 3.63) is 59.4 Å². The Hall–Kier alpha value is -3.86. The van der Waals surface area contributed by atoms with Gasteiger partial charge in [0.2, 0.25) is 5.91 Å². The van der Waals surface area contributed by atoms with Crippen LogP contribution >= 0.6 is 0 Å². The van der Waals surface area contributed by atoms with E-state index in [2.05, 4.69) is 21.8 Å². The molecule has 29 heavy (non-hydrogen) atoms. The van der Waals surface area contributed by atoms with E-state index in [-0.39, 0.29) is 25.1 Å². The van der Waals surface area contributed by atoms with Crippen LogP contribution in [-0.4, -0.2) is 38.3 Å². The molecule has 0 saturated carbocycles. The van der Waals surface area contributed by atoms with Gasteiger partial charge in [0.05, 0.1) is 18.9 Å². The van der Waals surface area contributed by atoms with E-state index in [9.17, 15) is 14.0 Å². The normalized spacial score (nSPS) is 10.2. The Balaban J connectivity index is 1.80. The lowest BCUT2D eigenvalue weighted by atomic mass is 10.2. The molecule has 0 aliphatic rings. The number of ether oxygens (including phenoxy) is 2. The molecule has 2 amide bonds. The van der Waals surface area contributed by atoms with Crippen LogP contribution in [0.4, 0.5) is 4.39 Å². The first-order chi connectivity index (χ1) is 14.0. The predicted octanol–water partition coefficient (Wildman–Crippen LogP) is 2.12. The van der Waals surface area contributed by atoms with Crippen LogP contribution in [0.25, 0.3) is 0 Å². The summed E-state index contributed by atoms with van der Waals surface area (Å²) in [5.74, 6) is 1.73. The van der Waals surface area contributed by atoms with Crippen LogP contribution in [-0.2, 0) is 4.79 Å². The smallest absolute Gasteiger partial charge is 0.254 e. The van der Waals surface area contributed by atoms with Crippen LogP contribution in [0.1, 0.15) is 22.3 Å². The molecule has 150 valence electrons. The SMILES string of the molecule is C#CCOc1ccc(C=NNC(=O)CCNC(=O)c2ccccc2F)cc1OC. The number of methoxy groups -OCH3 is 1. The Morgan fingerprint density at radius 2 is 2.03 bits per heavy atom. The van der Waals surface area contributed by atoms with Crippen molar-refractivity contribution in [2.45, 2.75) is 6.42 Å². The summed E-state index contributed by atoms with van der Waals surface area (Å²) in [5, 5.41) is 6.33. The summed E-state index contributed by atoms with van der Waals surface area (Å²) in [6.45, 7) is 0.164. The minimum absolute atomic E-state index is 0.0142. The summed E-state index contributed by atoms with van der Waals surface area (Å²) in [4.78, 5) is 23.7. The first kappa shape index (κ1) is 21.4. The molecule has 0 radical (unpaired) electrons. The standard InChI is InChI=1S/C21H20FN3O4/c1-3-12-29-18-9-8-15(13-19(18)28-2)14-24-25-20(26)10-11-23-21(27)16-6-4-5-7-17(16)22/h1,4-9,13-14H,10-12H2,2H3,(H,23,27)(H,25,26). The molecule has 2 aromatic rings. The number of carbonyl (C=O) groups is 2. The summed E-state index contributed by atoms with van der Waals surface area (Å²) in [6.07, 6.45) is 6.58. The van der Waals surface area contributed by atoms with Gasteiger partial charge in [0.15, 0.2) is 11.5 Å². The molecule has 0 aliphatic carbocycles. The van der Waals surface area contributed by atoms with Gasteiger partial charge < -0.3 is 14.8 Å². The topological polar surface area (TPSA) is 89.0 Å². The average Bonchev–Trinajstić information content (AvgIpc) is 2.72. The molecule has 0 unspecified atom stereocenters. The van der Waals surface area contributed by atoms with Crippen molar-refractivity contribution >= 4 is 18.0 Å². The average molecular weight is 397 g/mol. The van der Waals surface area contributed by atoms with Gasteiger partial charge in [-0.3, -0.25) is 9.59 Å². The third kappa shape index (κ3) is 6.66. The zero-order valence-electron chi connectivity index (χ0n) is 15.8. The van der Waals surface area contributed by atoms with Gasteiger partial charge >= 0.3 is 0 Å². The molecule has 0 saturated heterocycles. The van der Waals surface area contributed by atoms with Gasteiger partial charge in [0.1, 0.15) is 12.4 Å². The second-order valence-electron chi connectivity index (χ2n) is 5.68. The highest BCUT2D eigenvalue weighted by atomic mass is 19.1. The zero-order valence-corrected chi connectivity index (χ0v) is 15.8. The van der Waals surface area contributed by atoms with Gasteiger partial charge in [0.25, 0.3) is 5.91 Å². The van der Waals surface area contributed by atoms with Crippen molar-refractivity contribution in [1.29, 1.82) is 0 Å². The van der Waals surface area contributed by atoms with Crippen molar-refractivity contribution in [3.63, 3.8) is 0 Å². The Bertz CT molecular complexity index is 938. The van der Waals surface area contributed by atoms with Crippen molar-refractivity contribution in [1.82, 2.24) is 10.7 Å². The first-order valence-corrected chi connectivity index (χ1v) is 8.64. The van der Waals surface area contributed by atoms with E-state index >= 15 is 0 Å². The van der Waals surface area contributed by atoms with E-state index in [1.807, 2.05) is 0 Å². The minimum Gasteiger partial charge on any atom is -0.493 e. The van der Waals surface area contributed by atoms with E-state index < -0.39 is 17.6 Å². The maximum absolute atomic E-state index is 13.5. The Labute approximate surface area is 167 Å². The van der Waals surface area contributed by atoms with Gasteiger partial charge in [-0.2, -0.15) is 5.10 Å². The fourth-order valence-corrected chi connectivity index (χ4v) is 2.27. The number of hydrogen-bond acceptors (Lipinski definition) is 5. The highest BCUT2D eigenvalue weighted by Gasteiger charge is 2.10. The largest absolute Gasteiger partial charge is 0.493 e. The number of benzene rings is 2. The van der Waals surface area contributed by atoms with E-state index in [1.165, 1.54) is 31.5 Å². The fourth-order valence-electron chi connectivity index (χ4n) is 2.27. The summed E-state index contributed by atoms with van der Waals surface area (Å²) >= 11 is 0. The van der Waals surface area contributed by atoms with Crippen molar-refractivity contribution in [3.8, 4) is 23.8 Å². The lowest BCUT2D eigenvalue weighted by Gasteiger charge is -2.09. The van der Waals surface area contributed by atoms with Crippen LogP contribution in [0.3, 0.4) is 0 Å².